The highest BCUT2D eigenvalue weighted by Crippen LogP contribution is 2.22. The van der Waals surface area contributed by atoms with Crippen LogP contribution in [0.3, 0.4) is 0 Å². The molecule has 0 radical (unpaired) electrons. The highest BCUT2D eigenvalue weighted by atomic mass is 16.3. The molecule has 0 aromatic carbocycles. The summed E-state index contributed by atoms with van der Waals surface area (Å²) in [5, 5.41) is 9.12. The summed E-state index contributed by atoms with van der Waals surface area (Å²) in [6.07, 6.45) is 9.04. The molecule has 0 amide bonds. The molecule has 1 aliphatic carbocycles. The summed E-state index contributed by atoms with van der Waals surface area (Å²) in [6.45, 7) is 0. The Hall–Kier alpha value is -0.480. The topological polar surface area (TPSA) is 20.2 Å². The summed E-state index contributed by atoms with van der Waals surface area (Å²) < 4.78 is 0. The third-order valence-corrected chi connectivity index (χ3v) is 1.88. The SMILES string of the molecule is C#C[C@@H]1CCC[C@H](O)C1. The Balaban J connectivity index is 2.34. The molecule has 9 heavy (non-hydrogen) atoms. The Bertz CT molecular complexity index is 123. The molecule has 1 fully saturated rings. The Kier molecular flexibility index (Phi) is 2.13. The average molecular weight is 124 g/mol. The fourth-order valence-corrected chi connectivity index (χ4v) is 1.32. The van der Waals surface area contributed by atoms with Crippen molar-refractivity contribution in [1.82, 2.24) is 0 Å². The summed E-state index contributed by atoms with van der Waals surface area (Å²) in [5.41, 5.74) is 0. The Morgan fingerprint density at radius 2 is 2.22 bits per heavy atom. The monoisotopic (exact) mass is 124 g/mol. The van der Waals surface area contributed by atoms with E-state index in [1.807, 2.05) is 0 Å². The van der Waals surface area contributed by atoms with Gasteiger partial charge in [-0.25, -0.2) is 0 Å². The second-order valence-corrected chi connectivity index (χ2v) is 2.68. The van der Waals surface area contributed by atoms with E-state index in [0.717, 1.165) is 25.7 Å². The molecule has 1 rings (SSSR count). The van der Waals surface area contributed by atoms with Crippen LogP contribution in [0.4, 0.5) is 0 Å². The van der Waals surface area contributed by atoms with Crippen molar-refractivity contribution in [3.8, 4) is 12.3 Å². The van der Waals surface area contributed by atoms with Gasteiger partial charge in [0.1, 0.15) is 0 Å². The van der Waals surface area contributed by atoms with Gasteiger partial charge in [0.05, 0.1) is 6.10 Å². The molecule has 2 atom stereocenters. The fourth-order valence-electron chi connectivity index (χ4n) is 1.32. The van der Waals surface area contributed by atoms with Gasteiger partial charge < -0.3 is 5.11 Å². The van der Waals surface area contributed by atoms with Gasteiger partial charge in [-0.1, -0.05) is 0 Å². The molecule has 1 N–H and O–H groups in total. The predicted octanol–water partition coefficient (Wildman–Crippen LogP) is 1.17. The van der Waals surface area contributed by atoms with Gasteiger partial charge in [-0.05, 0) is 25.7 Å². The Labute approximate surface area is 56.1 Å². The van der Waals surface area contributed by atoms with Crippen LogP contribution in [0.25, 0.3) is 0 Å². The van der Waals surface area contributed by atoms with Crippen LogP contribution in [0.2, 0.25) is 0 Å². The molecule has 0 aliphatic heterocycles. The molecule has 1 aliphatic rings. The summed E-state index contributed by atoms with van der Waals surface area (Å²) in [4.78, 5) is 0. The van der Waals surface area contributed by atoms with Crippen molar-refractivity contribution < 1.29 is 5.11 Å². The lowest BCUT2D eigenvalue weighted by Crippen LogP contribution is -2.17. The van der Waals surface area contributed by atoms with Gasteiger partial charge in [0.15, 0.2) is 0 Å². The van der Waals surface area contributed by atoms with E-state index < -0.39 is 0 Å². The number of aliphatic hydroxyl groups excluding tert-OH is 1. The first kappa shape index (κ1) is 6.64. The standard InChI is InChI=1S/C8H12O/c1-2-7-4-3-5-8(9)6-7/h1,7-9H,3-6H2/t7-,8+/m1/s1. The average Bonchev–Trinajstić information content (AvgIpc) is 1.88. The first-order chi connectivity index (χ1) is 4.33. The highest BCUT2D eigenvalue weighted by Gasteiger charge is 2.17. The minimum absolute atomic E-state index is 0.125. The maximum absolute atomic E-state index is 9.12. The van der Waals surface area contributed by atoms with Crippen molar-refractivity contribution in [1.29, 1.82) is 0 Å². The van der Waals surface area contributed by atoms with E-state index in [1.54, 1.807) is 0 Å². The minimum Gasteiger partial charge on any atom is -0.393 e. The highest BCUT2D eigenvalue weighted by molar-refractivity contribution is 4.95. The molecule has 1 saturated carbocycles. The first-order valence-electron chi connectivity index (χ1n) is 3.47. The molecule has 0 saturated heterocycles. The Morgan fingerprint density at radius 3 is 2.67 bits per heavy atom. The molecule has 1 heteroatoms. The van der Waals surface area contributed by atoms with Crippen molar-refractivity contribution >= 4 is 0 Å². The van der Waals surface area contributed by atoms with Gasteiger partial charge in [0, 0.05) is 5.92 Å². The molecule has 50 valence electrons. The smallest absolute Gasteiger partial charge is 0.0552 e. The third-order valence-electron chi connectivity index (χ3n) is 1.88. The molecule has 1 nitrogen and oxygen atoms in total. The largest absolute Gasteiger partial charge is 0.393 e. The van der Waals surface area contributed by atoms with Gasteiger partial charge in [-0.3, -0.25) is 0 Å². The van der Waals surface area contributed by atoms with E-state index in [0.29, 0.717) is 5.92 Å². The molecule has 0 aromatic rings. The van der Waals surface area contributed by atoms with E-state index in [9.17, 15) is 0 Å². The number of aliphatic hydroxyl groups is 1. The van der Waals surface area contributed by atoms with Crippen LogP contribution in [0, 0.1) is 18.3 Å². The van der Waals surface area contributed by atoms with Gasteiger partial charge in [-0.15, -0.1) is 12.3 Å². The third kappa shape index (κ3) is 1.73. The molecule has 0 unspecified atom stereocenters. The van der Waals surface area contributed by atoms with Gasteiger partial charge in [0.25, 0.3) is 0 Å². The van der Waals surface area contributed by atoms with Crippen LogP contribution in [0.15, 0.2) is 0 Å². The zero-order chi connectivity index (χ0) is 6.69. The van der Waals surface area contributed by atoms with Gasteiger partial charge >= 0.3 is 0 Å². The number of rotatable bonds is 0. The quantitative estimate of drug-likeness (QED) is 0.481. The lowest BCUT2D eigenvalue weighted by molar-refractivity contribution is 0.115. The maximum atomic E-state index is 9.12. The minimum atomic E-state index is -0.125. The van der Waals surface area contributed by atoms with Crippen LogP contribution < -0.4 is 0 Å². The summed E-state index contributed by atoms with van der Waals surface area (Å²) in [5.74, 6) is 3.02. The summed E-state index contributed by atoms with van der Waals surface area (Å²) in [6, 6.07) is 0. The second kappa shape index (κ2) is 2.89. The molecule has 0 aromatic heterocycles. The molecular weight excluding hydrogens is 112 g/mol. The Morgan fingerprint density at radius 1 is 1.44 bits per heavy atom. The van der Waals surface area contributed by atoms with Crippen LogP contribution in [-0.4, -0.2) is 11.2 Å². The number of hydrogen-bond acceptors (Lipinski definition) is 1. The lowest BCUT2D eigenvalue weighted by Gasteiger charge is -2.21. The lowest BCUT2D eigenvalue weighted by atomic mass is 9.88. The van der Waals surface area contributed by atoms with Crippen LogP contribution in [0.5, 0.6) is 0 Å². The second-order valence-electron chi connectivity index (χ2n) is 2.68. The van der Waals surface area contributed by atoms with E-state index in [2.05, 4.69) is 5.92 Å². The van der Waals surface area contributed by atoms with Gasteiger partial charge in [0.2, 0.25) is 0 Å². The summed E-state index contributed by atoms with van der Waals surface area (Å²) >= 11 is 0. The molecule has 0 heterocycles. The van der Waals surface area contributed by atoms with Crippen LogP contribution in [0.1, 0.15) is 25.7 Å². The predicted molar refractivity (Wildman–Crippen MR) is 36.8 cm³/mol. The van der Waals surface area contributed by atoms with Crippen LogP contribution in [-0.2, 0) is 0 Å². The van der Waals surface area contributed by atoms with Crippen molar-refractivity contribution in [3.05, 3.63) is 0 Å². The first-order valence-corrected chi connectivity index (χ1v) is 3.47. The number of terminal acetylenes is 1. The van der Waals surface area contributed by atoms with E-state index in [1.165, 1.54) is 0 Å². The van der Waals surface area contributed by atoms with E-state index >= 15 is 0 Å². The van der Waals surface area contributed by atoms with Crippen LogP contribution >= 0.6 is 0 Å². The molecule has 0 bridgehead atoms. The van der Waals surface area contributed by atoms with Crippen molar-refractivity contribution in [2.75, 3.05) is 0 Å². The number of hydrogen-bond donors (Lipinski definition) is 1. The summed E-state index contributed by atoms with van der Waals surface area (Å²) in [7, 11) is 0. The molecule has 0 spiro atoms. The zero-order valence-corrected chi connectivity index (χ0v) is 5.51. The van der Waals surface area contributed by atoms with E-state index in [4.69, 9.17) is 11.5 Å². The van der Waals surface area contributed by atoms with Crippen molar-refractivity contribution in [2.45, 2.75) is 31.8 Å². The maximum Gasteiger partial charge on any atom is 0.0552 e. The fraction of sp³-hybridized carbons (Fsp3) is 0.750. The van der Waals surface area contributed by atoms with Crippen molar-refractivity contribution in [2.24, 2.45) is 5.92 Å². The zero-order valence-electron chi connectivity index (χ0n) is 5.51. The normalized spacial score (nSPS) is 35.6. The molecular formula is C8H12O. The van der Waals surface area contributed by atoms with Gasteiger partial charge in [-0.2, -0.15) is 0 Å². The van der Waals surface area contributed by atoms with E-state index in [-0.39, 0.29) is 6.10 Å². The van der Waals surface area contributed by atoms with Crippen molar-refractivity contribution in [3.63, 3.8) is 0 Å².